The summed E-state index contributed by atoms with van der Waals surface area (Å²) in [5.74, 6) is 0.235. The number of rotatable bonds is 7. The average molecular weight is 443 g/mol. The van der Waals surface area contributed by atoms with E-state index in [0.717, 1.165) is 10.7 Å². The molecule has 3 heterocycles. The van der Waals surface area contributed by atoms with Crippen LogP contribution in [0.25, 0.3) is 0 Å². The van der Waals surface area contributed by atoms with Crippen LogP contribution in [0.4, 0.5) is 0 Å². The molecule has 1 saturated carbocycles. The van der Waals surface area contributed by atoms with Crippen molar-refractivity contribution in [3.63, 3.8) is 0 Å². The number of nitrogens with zero attached hydrogens (tertiary/aromatic N) is 5. The van der Waals surface area contributed by atoms with Crippen LogP contribution in [-0.2, 0) is 29.5 Å². The van der Waals surface area contributed by atoms with Gasteiger partial charge in [0.25, 0.3) is 0 Å². The van der Waals surface area contributed by atoms with Gasteiger partial charge in [0.15, 0.2) is 9.84 Å². The van der Waals surface area contributed by atoms with Crippen LogP contribution in [0.5, 0.6) is 0 Å². The van der Waals surface area contributed by atoms with Crippen LogP contribution in [0, 0.1) is 5.92 Å². The topological polar surface area (TPSA) is 133 Å². The number of aromatic nitrogens is 4. The van der Waals surface area contributed by atoms with Crippen LogP contribution in [-0.4, -0.2) is 86.4 Å². The second-order valence-corrected chi connectivity index (χ2v) is 11.0. The standard InChI is InChI=1S/C17H26N6O4S2/c24-16-12(7-14(17(16)25)19-8-15-18-1-4-28-15)9-23-11-13(20-21-23)10-22-2-5-29(26,27)6-3-22/h1,4,11-12,14,16-17,19,24-25H,2-3,5-10H2/t12-,14-,16-,17+/m1/s1. The van der Waals surface area contributed by atoms with E-state index < -0.39 is 22.0 Å². The first-order chi connectivity index (χ1) is 13.9. The summed E-state index contributed by atoms with van der Waals surface area (Å²) in [7, 11) is -2.90. The molecule has 1 saturated heterocycles. The summed E-state index contributed by atoms with van der Waals surface area (Å²) < 4.78 is 24.8. The SMILES string of the molecule is O=S1(=O)CCN(Cc2cn(C[C@H]3C[C@@H](NCc4nccs4)[C@H](O)[C@@H]3O)nn2)CC1. The van der Waals surface area contributed by atoms with Gasteiger partial charge in [-0.2, -0.15) is 0 Å². The maximum atomic E-state index is 11.5. The third-order valence-electron chi connectivity index (χ3n) is 5.63. The van der Waals surface area contributed by atoms with Crippen molar-refractivity contribution >= 4 is 21.2 Å². The molecule has 0 aromatic carbocycles. The predicted molar refractivity (Wildman–Crippen MR) is 107 cm³/mol. The quantitative estimate of drug-likeness (QED) is 0.487. The molecule has 2 fully saturated rings. The Morgan fingerprint density at radius 3 is 2.76 bits per heavy atom. The van der Waals surface area contributed by atoms with Crippen molar-refractivity contribution < 1.29 is 18.6 Å². The van der Waals surface area contributed by atoms with Gasteiger partial charge in [-0.15, -0.1) is 16.4 Å². The van der Waals surface area contributed by atoms with Gasteiger partial charge in [0, 0.05) is 62.5 Å². The first-order valence-electron chi connectivity index (χ1n) is 9.69. The third-order valence-corrected chi connectivity index (χ3v) is 8.02. The molecule has 0 bridgehead atoms. The fraction of sp³-hybridized carbons (Fsp3) is 0.706. The van der Waals surface area contributed by atoms with Crippen molar-refractivity contribution in [2.24, 2.45) is 5.92 Å². The molecule has 3 N–H and O–H groups in total. The molecule has 0 amide bonds. The van der Waals surface area contributed by atoms with Crippen LogP contribution in [0.15, 0.2) is 17.8 Å². The van der Waals surface area contributed by atoms with E-state index in [1.54, 1.807) is 22.2 Å². The van der Waals surface area contributed by atoms with Crippen molar-refractivity contribution in [2.75, 3.05) is 24.6 Å². The fourth-order valence-electron chi connectivity index (χ4n) is 3.95. The zero-order chi connectivity index (χ0) is 20.4. The minimum Gasteiger partial charge on any atom is -0.390 e. The lowest BCUT2D eigenvalue weighted by Gasteiger charge is -2.25. The van der Waals surface area contributed by atoms with Gasteiger partial charge in [-0.25, -0.2) is 13.4 Å². The molecule has 2 aliphatic rings. The van der Waals surface area contributed by atoms with Crippen molar-refractivity contribution in [3.8, 4) is 0 Å². The molecule has 0 radical (unpaired) electrons. The predicted octanol–water partition coefficient (Wildman–Crippen LogP) is -1.13. The van der Waals surface area contributed by atoms with Crippen LogP contribution < -0.4 is 5.32 Å². The summed E-state index contributed by atoms with van der Waals surface area (Å²) in [4.78, 5) is 6.28. The molecule has 2 aromatic heterocycles. The van der Waals surface area contributed by atoms with Gasteiger partial charge in [-0.05, 0) is 6.42 Å². The first kappa shape index (κ1) is 20.8. The fourth-order valence-corrected chi connectivity index (χ4v) is 5.79. The highest BCUT2D eigenvalue weighted by Crippen LogP contribution is 2.28. The van der Waals surface area contributed by atoms with Crippen molar-refractivity contribution in [1.29, 1.82) is 0 Å². The van der Waals surface area contributed by atoms with Crippen LogP contribution >= 0.6 is 11.3 Å². The van der Waals surface area contributed by atoms with Crippen molar-refractivity contribution in [2.45, 2.75) is 44.3 Å². The highest BCUT2D eigenvalue weighted by molar-refractivity contribution is 7.91. The van der Waals surface area contributed by atoms with Gasteiger partial charge in [-0.3, -0.25) is 9.58 Å². The molecule has 10 nitrogen and oxygen atoms in total. The van der Waals surface area contributed by atoms with E-state index in [0.29, 0.717) is 39.1 Å². The lowest BCUT2D eigenvalue weighted by Crippen LogP contribution is -2.39. The second-order valence-electron chi connectivity index (χ2n) is 7.75. The van der Waals surface area contributed by atoms with Gasteiger partial charge >= 0.3 is 0 Å². The molecule has 1 aliphatic carbocycles. The van der Waals surface area contributed by atoms with E-state index in [1.807, 2.05) is 11.6 Å². The summed E-state index contributed by atoms with van der Waals surface area (Å²) in [5, 5.41) is 35.3. The van der Waals surface area contributed by atoms with E-state index in [4.69, 9.17) is 0 Å². The average Bonchev–Trinajstić information content (AvgIpc) is 3.41. The third kappa shape index (κ3) is 5.19. The normalized spacial score (nSPS) is 30.0. The molecule has 2 aromatic rings. The molecule has 29 heavy (non-hydrogen) atoms. The number of thiazole rings is 1. The van der Waals surface area contributed by atoms with Crippen LogP contribution in [0.2, 0.25) is 0 Å². The van der Waals surface area contributed by atoms with E-state index in [1.165, 1.54) is 0 Å². The first-order valence-corrected chi connectivity index (χ1v) is 12.4. The summed E-state index contributed by atoms with van der Waals surface area (Å²) in [6.07, 6.45) is 2.54. The summed E-state index contributed by atoms with van der Waals surface area (Å²) in [6, 6.07) is -0.197. The Bertz CT molecular complexity index is 889. The molecule has 12 heteroatoms. The van der Waals surface area contributed by atoms with E-state index in [9.17, 15) is 18.6 Å². The number of aliphatic hydroxyl groups is 2. The Morgan fingerprint density at radius 1 is 1.24 bits per heavy atom. The van der Waals surface area contributed by atoms with E-state index in [-0.39, 0.29) is 23.5 Å². The molecule has 160 valence electrons. The smallest absolute Gasteiger partial charge is 0.152 e. The number of nitrogens with one attached hydrogen (secondary N) is 1. The second kappa shape index (κ2) is 8.74. The number of hydrogen-bond acceptors (Lipinski definition) is 10. The monoisotopic (exact) mass is 442 g/mol. The van der Waals surface area contributed by atoms with Gasteiger partial charge in [0.1, 0.15) is 5.01 Å². The summed E-state index contributed by atoms with van der Waals surface area (Å²) >= 11 is 1.55. The van der Waals surface area contributed by atoms with Gasteiger partial charge in [-0.1, -0.05) is 5.21 Å². The van der Waals surface area contributed by atoms with Crippen LogP contribution in [0.3, 0.4) is 0 Å². The van der Waals surface area contributed by atoms with Crippen LogP contribution in [0.1, 0.15) is 17.1 Å². The Labute approximate surface area is 173 Å². The number of sulfone groups is 1. The zero-order valence-electron chi connectivity index (χ0n) is 16.0. The summed E-state index contributed by atoms with van der Waals surface area (Å²) in [5.41, 5.74) is 0.774. The Balaban J connectivity index is 1.29. The molecule has 0 spiro atoms. The maximum Gasteiger partial charge on any atom is 0.152 e. The molecule has 4 atom stereocenters. The number of aliphatic hydroxyl groups excluding tert-OH is 2. The van der Waals surface area contributed by atoms with E-state index >= 15 is 0 Å². The van der Waals surface area contributed by atoms with Gasteiger partial charge in [0.2, 0.25) is 0 Å². The minimum absolute atomic E-state index is 0.131. The Morgan fingerprint density at radius 2 is 2.03 bits per heavy atom. The van der Waals surface area contributed by atoms with Crippen molar-refractivity contribution in [3.05, 3.63) is 28.5 Å². The molecule has 0 unspecified atom stereocenters. The van der Waals surface area contributed by atoms with E-state index in [2.05, 4.69) is 25.5 Å². The molecular weight excluding hydrogens is 416 g/mol. The lowest BCUT2D eigenvalue weighted by atomic mass is 10.1. The maximum absolute atomic E-state index is 11.5. The minimum atomic E-state index is -2.90. The summed E-state index contributed by atoms with van der Waals surface area (Å²) in [6.45, 7) is 2.61. The highest BCUT2D eigenvalue weighted by Gasteiger charge is 2.41. The Hall–Kier alpha value is -1.44. The molecule has 4 rings (SSSR count). The largest absolute Gasteiger partial charge is 0.390 e. The van der Waals surface area contributed by atoms with Gasteiger partial charge < -0.3 is 15.5 Å². The molecular formula is C17H26N6O4S2. The molecule has 1 aliphatic heterocycles. The lowest BCUT2D eigenvalue weighted by molar-refractivity contribution is 0.00722. The highest BCUT2D eigenvalue weighted by atomic mass is 32.2. The number of hydrogen-bond donors (Lipinski definition) is 3. The zero-order valence-corrected chi connectivity index (χ0v) is 17.6. The van der Waals surface area contributed by atoms with Crippen molar-refractivity contribution in [1.82, 2.24) is 30.2 Å². The van der Waals surface area contributed by atoms with Gasteiger partial charge in [0.05, 0.1) is 29.4 Å². The Kier molecular flexibility index (Phi) is 6.27.